The van der Waals surface area contributed by atoms with E-state index >= 15 is 0 Å². The van der Waals surface area contributed by atoms with Gasteiger partial charge in [-0.15, -0.1) is 0 Å². The molecule has 0 aliphatic heterocycles. The molecule has 0 saturated heterocycles. The first-order valence-corrected chi connectivity index (χ1v) is 6.39. The molecule has 0 saturated carbocycles. The molecule has 0 bridgehead atoms. The van der Waals surface area contributed by atoms with Crippen molar-refractivity contribution in [2.45, 2.75) is 39.5 Å². The van der Waals surface area contributed by atoms with E-state index in [1.54, 1.807) is 19.1 Å². The monoisotopic (exact) mass is 241 g/mol. The lowest BCUT2D eigenvalue weighted by Crippen LogP contribution is -1.96. The molecule has 1 aromatic rings. The Balaban J connectivity index is 2.80. The Hall–Kier alpha value is -1.88. The molecule has 94 valence electrons. The van der Waals surface area contributed by atoms with Crippen LogP contribution in [0.1, 0.15) is 50.7 Å². The smallest absolute Gasteiger partial charge is 0.155 e. The summed E-state index contributed by atoms with van der Waals surface area (Å²) in [5, 5.41) is 8.72. The zero-order valence-corrected chi connectivity index (χ0v) is 11.1. The predicted octanol–water partition coefficient (Wildman–Crippen LogP) is 4.11. The van der Waals surface area contributed by atoms with Crippen LogP contribution in [0.15, 0.2) is 29.8 Å². The number of unbranched alkanes of at least 4 members (excludes halogenated alkanes) is 2. The summed E-state index contributed by atoms with van der Waals surface area (Å²) in [6.07, 6.45) is 6.13. The number of Topliss-reactive ketones (excluding diaryl/α,β-unsaturated/α-hetero) is 1. The molecule has 1 aromatic carbocycles. The van der Waals surface area contributed by atoms with E-state index in [0.717, 1.165) is 36.8 Å². The fraction of sp³-hybridized carbons (Fsp3) is 0.375. The van der Waals surface area contributed by atoms with Gasteiger partial charge in [-0.05, 0) is 49.1 Å². The van der Waals surface area contributed by atoms with Crippen LogP contribution in [0.4, 0.5) is 0 Å². The lowest BCUT2D eigenvalue weighted by molar-refractivity contribution is -0.113. The van der Waals surface area contributed by atoms with Crippen LogP contribution in [0.5, 0.6) is 0 Å². The first-order valence-electron chi connectivity index (χ1n) is 6.39. The average molecular weight is 241 g/mol. The standard InChI is InChI=1S/C16H19NO/c1-3-4-5-6-16(13(2)18)11-14-7-9-15(12-17)10-8-14/h7-11H,3-6H2,1-2H3/b16-11+. The zero-order chi connectivity index (χ0) is 13.4. The zero-order valence-electron chi connectivity index (χ0n) is 11.1. The van der Waals surface area contributed by atoms with Gasteiger partial charge in [0, 0.05) is 0 Å². The van der Waals surface area contributed by atoms with Crippen LogP contribution in [0.2, 0.25) is 0 Å². The summed E-state index contributed by atoms with van der Waals surface area (Å²) in [5.74, 6) is 0.135. The third-order valence-corrected chi connectivity index (χ3v) is 2.88. The Labute approximate surface area is 109 Å². The summed E-state index contributed by atoms with van der Waals surface area (Å²) in [5.41, 5.74) is 2.49. The average Bonchev–Trinajstić information content (AvgIpc) is 2.38. The van der Waals surface area contributed by atoms with Crippen LogP contribution in [0.25, 0.3) is 6.08 Å². The van der Waals surface area contributed by atoms with Gasteiger partial charge in [-0.1, -0.05) is 31.9 Å². The molecule has 18 heavy (non-hydrogen) atoms. The number of allylic oxidation sites excluding steroid dienone is 1. The van der Waals surface area contributed by atoms with Gasteiger partial charge in [0.25, 0.3) is 0 Å². The van der Waals surface area contributed by atoms with E-state index in [-0.39, 0.29) is 5.78 Å². The summed E-state index contributed by atoms with van der Waals surface area (Å²) in [6, 6.07) is 9.38. The van der Waals surface area contributed by atoms with Gasteiger partial charge in [0.2, 0.25) is 0 Å². The normalized spacial score (nSPS) is 11.1. The first kappa shape index (κ1) is 14.2. The largest absolute Gasteiger partial charge is 0.295 e. The van der Waals surface area contributed by atoms with Gasteiger partial charge < -0.3 is 0 Å². The molecule has 0 amide bonds. The molecule has 0 unspecified atom stereocenters. The molecule has 0 aromatic heterocycles. The van der Waals surface area contributed by atoms with E-state index in [1.165, 1.54) is 0 Å². The number of nitrogens with zero attached hydrogens (tertiary/aromatic N) is 1. The number of benzene rings is 1. The van der Waals surface area contributed by atoms with E-state index < -0.39 is 0 Å². The highest BCUT2D eigenvalue weighted by Gasteiger charge is 2.03. The number of hydrogen-bond donors (Lipinski definition) is 0. The van der Waals surface area contributed by atoms with Crippen LogP contribution in [-0.4, -0.2) is 5.78 Å². The van der Waals surface area contributed by atoms with E-state index in [9.17, 15) is 4.79 Å². The Kier molecular flexibility index (Phi) is 5.87. The molecule has 2 nitrogen and oxygen atoms in total. The Bertz CT molecular complexity index is 463. The van der Waals surface area contributed by atoms with Crippen molar-refractivity contribution in [1.29, 1.82) is 5.26 Å². The Morgan fingerprint density at radius 3 is 2.44 bits per heavy atom. The van der Waals surface area contributed by atoms with Crippen LogP contribution in [-0.2, 0) is 4.79 Å². The minimum atomic E-state index is 0.135. The molecule has 0 spiro atoms. The highest BCUT2D eigenvalue weighted by molar-refractivity contribution is 5.97. The van der Waals surface area contributed by atoms with Crippen molar-refractivity contribution < 1.29 is 4.79 Å². The molecule has 0 radical (unpaired) electrons. The van der Waals surface area contributed by atoms with Gasteiger partial charge in [0.1, 0.15) is 0 Å². The van der Waals surface area contributed by atoms with Gasteiger partial charge in [0.05, 0.1) is 11.6 Å². The van der Waals surface area contributed by atoms with Crippen LogP contribution < -0.4 is 0 Å². The van der Waals surface area contributed by atoms with Crippen molar-refractivity contribution in [3.8, 4) is 6.07 Å². The molecule has 0 N–H and O–H groups in total. The second-order valence-electron chi connectivity index (χ2n) is 4.42. The van der Waals surface area contributed by atoms with Crippen LogP contribution >= 0.6 is 0 Å². The van der Waals surface area contributed by atoms with Crippen molar-refractivity contribution in [1.82, 2.24) is 0 Å². The van der Waals surface area contributed by atoms with E-state index in [4.69, 9.17) is 5.26 Å². The van der Waals surface area contributed by atoms with E-state index in [1.807, 2.05) is 18.2 Å². The first-order chi connectivity index (χ1) is 8.67. The van der Waals surface area contributed by atoms with Crippen molar-refractivity contribution in [3.63, 3.8) is 0 Å². The van der Waals surface area contributed by atoms with Gasteiger partial charge in [-0.2, -0.15) is 5.26 Å². The van der Waals surface area contributed by atoms with Gasteiger partial charge in [-0.25, -0.2) is 0 Å². The quantitative estimate of drug-likeness (QED) is 0.555. The van der Waals surface area contributed by atoms with Crippen LogP contribution in [0, 0.1) is 11.3 Å². The van der Waals surface area contributed by atoms with Gasteiger partial charge in [0.15, 0.2) is 5.78 Å². The number of ketones is 1. The van der Waals surface area contributed by atoms with Crippen molar-refractivity contribution in [2.24, 2.45) is 0 Å². The van der Waals surface area contributed by atoms with Gasteiger partial charge >= 0.3 is 0 Å². The SMILES string of the molecule is CCCCC/C(=C\c1ccc(C#N)cc1)C(C)=O. The molecule has 0 atom stereocenters. The summed E-state index contributed by atoms with van der Waals surface area (Å²) in [7, 11) is 0. The highest BCUT2D eigenvalue weighted by Crippen LogP contribution is 2.15. The highest BCUT2D eigenvalue weighted by atomic mass is 16.1. The lowest BCUT2D eigenvalue weighted by Gasteiger charge is -2.03. The minimum absolute atomic E-state index is 0.135. The molecule has 0 aliphatic carbocycles. The number of carbonyl (C=O) groups is 1. The number of rotatable bonds is 6. The molecule has 1 rings (SSSR count). The Morgan fingerprint density at radius 1 is 1.28 bits per heavy atom. The van der Waals surface area contributed by atoms with Crippen molar-refractivity contribution in [3.05, 3.63) is 41.0 Å². The summed E-state index contributed by atoms with van der Waals surface area (Å²) in [4.78, 5) is 11.5. The molecule has 0 fully saturated rings. The second kappa shape index (κ2) is 7.45. The topological polar surface area (TPSA) is 40.9 Å². The fourth-order valence-electron chi connectivity index (χ4n) is 1.77. The van der Waals surface area contributed by atoms with E-state index in [2.05, 4.69) is 13.0 Å². The number of carbonyl (C=O) groups excluding carboxylic acids is 1. The number of nitriles is 1. The van der Waals surface area contributed by atoms with E-state index in [0.29, 0.717) is 5.56 Å². The maximum absolute atomic E-state index is 11.5. The van der Waals surface area contributed by atoms with Crippen LogP contribution in [0.3, 0.4) is 0 Å². The van der Waals surface area contributed by atoms with Crippen molar-refractivity contribution >= 4 is 11.9 Å². The molecule has 0 heterocycles. The molecule has 2 heteroatoms. The summed E-state index contributed by atoms with van der Waals surface area (Å²) < 4.78 is 0. The summed E-state index contributed by atoms with van der Waals surface area (Å²) >= 11 is 0. The minimum Gasteiger partial charge on any atom is -0.295 e. The number of hydrogen-bond acceptors (Lipinski definition) is 2. The third kappa shape index (κ3) is 4.55. The fourth-order valence-corrected chi connectivity index (χ4v) is 1.77. The maximum Gasteiger partial charge on any atom is 0.155 e. The summed E-state index contributed by atoms with van der Waals surface area (Å²) in [6.45, 7) is 3.76. The van der Waals surface area contributed by atoms with Crippen molar-refractivity contribution in [2.75, 3.05) is 0 Å². The Morgan fingerprint density at radius 2 is 1.94 bits per heavy atom. The predicted molar refractivity (Wildman–Crippen MR) is 74.0 cm³/mol. The van der Waals surface area contributed by atoms with Gasteiger partial charge in [-0.3, -0.25) is 4.79 Å². The second-order valence-corrected chi connectivity index (χ2v) is 4.42. The molecular weight excluding hydrogens is 222 g/mol. The molecular formula is C16H19NO. The lowest BCUT2D eigenvalue weighted by atomic mass is 10.0. The molecule has 0 aliphatic rings. The third-order valence-electron chi connectivity index (χ3n) is 2.88. The maximum atomic E-state index is 11.5.